The van der Waals surface area contributed by atoms with Crippen molar-refractivity contribution in [3.63, 3.8) is 0 Å². The molecule has 6 heteroatoms. The number of anilines is 1. The number of rotatable bonds is 8. The summed E-state index contributed by atoms with van der Waals surface area (Å²) in [7, 11) is 0. The van der Waals surface area contributed by atoms with Crippen molar-refractivity contribution in [2.45, 2.75) is 39.0 Å². The number of hydrogen-bond donors (Lipinski definition) is 1. The van der Waals surface area contributed by atoms with E-state index in [4.69, 9.17) is 10.5 Å². The molecule has 140 valence electrons. The third-order valence-corrected chi connectivity index (χ3v) is 4.65. The van der Waals surface area contributed by atoms with Crippen molar-refractivity contribution in [2.75, 3.05) is 32.0 Å². The van der Waals surface area contributed by atoms with Gasteiger partial charge in [0.15, 0.2) is 0 Å². The number of nitrogens with two attached hydrogens (primary N) is 1. The fraction of sp³-hybridized carbons (Fsp3) is 0.500. The summed E-state index contributed by atoms with van der Waals surface area (Å²) in [5, 5.41) is 4.38. The van der Waals surface area contributed by atoms with E-state index in [-0.39, 0.29) is 0 Å². The van der Waals surface area contributed by atoms with Crippen LogP contribution in [0.5, 0.6) is 5.75 Å². The Morgan fingerprint density at radius 1 is 1.19 bits per heavy atom. The van der Waals surface area contributed by atoms with Gasteiger partial charge in [0.2, 0.25) is 5.95 Å². The topological polar surface area (TPSA) is 68.7 Å². The number of imidazole rings is 1. The average Bonchev–Trinajstić information content (AvgIpc) is 2.98. The molecule has 1 aliphatic heterocycles. The van der Waals surface area contributed by atoms with E-state index in [2.05, 4.69) is 15.0 Å². The molecule has 2 heterocycles. The predicted octanol–water partition coefficient (Wildman–Crippen LogP) is 3.30. The normalized spacial score (nSPS) is 15.6. The third kappa shape index (κ3) is 5.33. The van der Waals surface area contributed by atoms with Gasteiger partial charge in [0.05, 0.1) is 24.7 Å². The van der Waals surface area contributed by atoms with Crippen LogP contribution in [0.2, 0.25) is 0 Å². The number of nitrogen functional groups attached to an aromatic ring is 1. The van der Waals surface area contributed by atoms with Gasteiger partial charge >= 0.3 is 0 Å². The Balaban J connectivity index is 1.48. The van der Waals surface area contributed by atoms with Gasteiger partial charge in [0.1, 0.15) is 5.75 Å². The van der Waals surface area contributed by atoms with E-state index in [1.807, 2.05) is 31.2 Å². The van der Waals surface area contributed by atoms with Gasteiger partial charge < -0.3 is 15.4 Å². The molecular formula is C20H29N5O. The molecule has 1 saturated heterocycles. The van der Waals surface area contributed by atoms with E-state index >= 15 is 0 Å². The zero-order valence-corrected chi connectivity index (χ0v) is 15.6. The van der Waals surface area contributed by atoms with Crippen LogP contribution in [0.4, 0.5) is 5.95 Å². The second-order valence-electron chi connectivity index (χ2n) is 6.83. The largest absolute Gasteiger partial charge is 0.493 e. The molecule has 0 bridgehead atoms. The lowest BCUT2D eigenvalue weighted by atomic mass is 10.1. The summed E-state index contributed by atoms with van der Waals surface area (Å²) in [6.07, 6.45) is 9.91. The Labute approximate surface area is 155 Å². The van der Waals surface area contributed by atoms with E-state index in [1.165, 1.54) is 45.3 Å². The van der Waals surface area contributed by atoms with Crippen molar-refractivity contribution in [3.05, 3.63) is 41.7 Å². The van der Waals surface area contributed by atoms with Crippen molar-refractivity contribution >= 4 is 12.2 Å². The number of aryl methyl sites for hydroxylation is 1. The van der Waals surface area contributed by atoms with Crippen LogP contribution in [0.3, 0.4) is 0 Å². The molecule has 2 N–H and O–H groups in total. The number of benzene rings is 1. The number of hydrogen-bond acceptors (Lipinski definition) is 5. The van der Waals surface area contributed by atoms with E-state index in [9.17, 15) is 0 Å². The number of aromatic nitrogens is 2. The Kier molecular flexibility index (Phi) is 6.66. The summed E-state index contributed by atoms with van der Waals surface area (Å²) in [6.45, 7) is 6.33. The molecule has 2 aromatic rings. The van der Waals surface area contributed by atoms with Crippen LogP contribution in [0, 0.1) is 6.92 Å². The number of ether oxygens (including phenoxy) is 1. The highest BCUT2D eigenvalue weighted by Crippen LogP contribution is 2.17. The zero-order valence-electron chi connectivity index (χ0n) is 15.6. The molecule has 1 aromatic heterocycles. The monoisotopic (exact) mass is 355 g/mol. The first-order valence-corrected chi connectivity index (χ1v) is 9.52. The second-order valence-corrected chi connectivity index (χ2v) is 6.83. The Morgan fingerprint density at radius 3 is 2.77 bits per heavy atom. The smallest absolute Gasteiger partial charge is 0.221 e. The van der Waals surface area contributed by atoms with E-state index < -0.39 is 0 Å². The average molecular weight is 355 g/mol. The molecule has 0 atom stereocenters. The minimum absolute atomic E-state index is 0.384. The van der Waals surface area contributed by atoms with Crippen LogP contribution in [-0.2, 0) is 0 Å². The van der Waals surface area contributed by atoms with Crippen molar-refractivity contribution < 1.29 is 4.74 Å². The van der Waals surface area contributed by atoms with E-state index in [0.29, 0.717) is 5.95 Å². The van der Waals surface area contributed by atoms with Crippen LogP contribution in [-0.4, -0.2) is 47.0 Å². The van der Waals surface area contributed by atoms with Crippen LogP contribution in [0.15, 0.2) is 35.6 Å². The van der Waals surface area contributed by atoms with Crippen LogP contribution >= 0.6 is 0 Å². The van der Waals surface area contributed by atoms with Crippen LogP contribution in [0.1, 0.15) is 43.4 Å². The first-order valence-electron chi connectivity index (χ1n) is 9.52. The molecule has 3 rings (SSSR count). The van der Waals surface area contributed by atoms with Gasteiger partial charge in [-0.25, -0.2) is 9.66 Å². The maximum Gasteiger partial charge on any atom is 0.221 e. The highest BCUT2D eigenvalue weighted by atomic mass is 16.5. The lowest BCUT2D eigenvalue weighted by Crippen LogP contribution is -2.30. The summed E-state index contributed by atoms with van der Waals surface area (Å²) in [6, 6.07) is 7.93. The standard InChI is InChI=1S/C20H29N5O/c1-17-16-25(20(21)23-17)22-15-18-9-3-4-10-19(18)26-14-8-7-13-24-11-5-2-6-12-24/h3-4,9-10,15-16H,2,5-8,11-14H2,1H3,(H2,21,23). The van der Waals surface area contributed by atoms with Gasteiger partial charge in [0, 0.05) is 5.56 Å². The fourth-order valence-electron chi connectivity index (χ4n) is 3.24. The molecule has 26 heavy (non-hydrogen) atoms. The second kappa shape index (κ2) is 9.38. The molecule has 6 nitrogen and oxygen atoms in total. The summed E-state index contributed by atoms with van der Waals surface area (Å²) >= 11 is 0. The Bertz CT molecular complexity index is 719. The molecule has 1 aromatic carbocycles. The molecule has 0 aliphatic carbocycles. The van der Waals surface area contributed by atoms with Gasteiger partial charge in [0.25, 0.3) is 0 Å². The van der Waals surface area contributed by atoms with Gasteiger partial charge in [-0.2, -0.15) is 5.10 Å². The van der Waals surface area contributed by atoms with E-state index in [1.54, 1.807) is 17.1 Å². The minimum Gasteiger partial charge on any atom is -0.493 e. The van der Waals surface area contributed by atoms with Crippen LogP contribution < -0.4 is 10.5 Å². The number of para-hydroxylation sites is 1. The first kappa shape index (κ1) is 18.5. The fourth-order valence-corrected chi connectivity index (χ4v) is 3.24. The molecule has 0 unspecified atom stereocenters. The van der Waals surface area contributed by atoms with Crippen molar-refractivity contribution in [2.24, 2.45) is 5.10 Å². The van der Waals surface area contributed by atoms with Gasteiger partial charge in [-0.15, -0.1) is 0 Å². The maximum atomic E-state index is 5.98. The molecule has 0 amide bonds. The number of likely N-dealkylation sites (tertiary alicyclic amines) is 1. The quantitative estimate of drug-likeness (QED) is 0.583. The van der Waals surface area contributed by atoms with Crippen molar-refractivity contribution in [3.8, 4) is 5.75 Å². The molecule has 0 spiro atoms. The van der Waals surface area contributed by atoms with Crippen molar-refractivity contribution in [1.29, 1.82) is 0 Å². The highest BCUT2D eigenvalue weighted by molar-refractivity contribution is 5.83. The lowest BCUT2D eigenvalue weighted by Gasteiger charge is -2.26. The van der Waals surface area contributed by atoms with Gasteiger partial charge in [-0.05, 0) is 64.4 Å². The molecule has 0 radical (unpaired) electrons. The number of nitrogens with zero attached hydrogens (tertiary/aromatic N) is 4. The Morgan fingerprint density at radius 2 is 2.00 bits per heavy atom. The highest BCUT2D eigenvalue weighted by Gasteiger charge is 2.09. The number of unbranched alkanes of at least 4 members (excludes halogenated alkanes) is 1. The summed E-state index contributed by atoms with van der Waals surface area (Å²) in [5.74, 6) is 1.24. The minimum atomic E-state index is 0.384. The predicted molar refractivity (Wildman–Crippen MR) is 106 cm³/mol. The summed E-state index contributed by atoms with van der Waals surface area (Å²) < 4.78 is 7.56. The van der Waals surface area contributed by atoms with Gasteiger partial charge in [-0.1, -0.05) is 18.6 Å². The SMILES string of the molecule is Cc1cn(N=Cc2ccccc2OCCCCN2CCCCC2)c(N)n1. The molecule has 1 fully saturated rings. The lowest BCUT2D eigenvalue weighted by molar-refractivity contribution is 0.216. The molecule has 0 saturated carbocycles. The van der Waals surface area contributed by atoms with Crippen LogP contribution in [0.25, 0.3) is 0 Å². The Hall–Kier alpha value is -2.34. The van der Waals surface area contributed by atoms with Crippen molar-refractivity contribution in [1.82, 2.24) is 14.6 Å². The molecular weight excluding hydrogens is 326 g/mol. The summed E-state index contributed by atoms with van der Waals surface area (Å²) in [5.41, 5.74) is 7.61. The number of piperidine rings is 1. The molecule has 1 aliphatic rings. The summed E-state index contributed by atoms with van der Waals surface area (Å²) in [4.78, 5) is 6.72. The third-order valence-electron chi connectivity index (χ3n) is 4.65. The maximum absolute atomic E-state index is 5.98. The van der Waals surface area contributed by atoms with E-state index in [0.717, 1.165) is 30.0 Å². The zero-order chi connectivity index (χ0) is 18.2. The van der Waals surface area contributed by atoms with Gasteiger partial charge in [-0.3, -0.25) is 0 Å². The first-order chi connectivity index (χ1) is 12.7.